The molecule has 0 aromatic heterocycles. The van der Waals surface area contributed by atoms with Crippen molar-refractivity contribution in [1.29, 1.82) is 0 Å². The Hall–Kier alpha value is -2.89. The predicted molar refractivity (Wildman–Crippen MR) is 105 cm³/mol. The van der Waals surface area contributed by atoms with Gasteiger partial charge in [-0.05, 0) is 12.1 Å². The van der Waals surface area contributed by atoms with Gasteiger partial charge in [-0.15, -0.1) is 0 Å². The first-order valence-electron chi connectivity index (χ1n) is 9.39. The summed E-state index contributed by atoms with van der Waals surface area (Å²) in [6.45, 7) is 3.78. The topological polar surface area (TPSA) is 155 Å². The number of hydrogen-bond acceptors (Lipinski definition) is 11. The van der Waals surface area contributed by atoms with Crippen LogP contribution in [0.2, 0.25) is 5.02 Å². The molecule has 1 aromatic rings. The Labute approximate surface area is 188 Å². The molecule has 12 heteroatoms. The molecule has 2 N–H and O–H groups in total. The molecule has 2 rings (SSSR count). The van der Waals surface area contributed by atoms with Crippen LogP contribution in [0.3, 0.4) is 0 Å². The Morgan fingerprint density at radius 1 is 0.969 bits per heavy atom. The fourth-order valence-electron chi connectivity index (χ4n) is 3.25. The van der Waals surface area contributed by atoms with Gasteiger partial charge >= 0.3 is 23.9 Å². The number of benzene rings is 1. The summed E-state index contributed by atoms with van der Waals surface area (Å²) in [6.07, 6.45) is -6.11. The summed E-state index contributed by atoms with van der Waals surface area (Å²) < 4.78 is 26.4. The second kappa shape index (κ2) is 10.2. The lowest BCUT2D eigenvalue weighted by atomic mass is 9.87. The third-order valence-electron chi connectivity index (χ3n) is 4.41. The third kappa shape index (κ3) is 5.87. The molecule has 0 unspecified atom stereocenters. The standard InChI is InChI=1S/C20H23ClO11/c1-9(22)28-8-16-17(29-10(2)23)18(30-11(3)24)19(31-12(4)25)20(27,32-16)13-5-6-14(21)15(26)7-13/h5-7,16-19,26-27H,8H2,1-4H3/t16-,17-,18+,19-,20+/m1/s1. The number of carbonyl (C=O) groups is 4. The lowest BCUT2D eigenvalue weighted by Crippen LogP contribution is -2.66. The van der Waals surface area contributed by atoms with Gasteiger partial charge in [-0.3, -0.25) is 19.2 Å². The second-order valence-corrected chi connectivity index (χ2v) is 7.41. The smallest absolute Gasteiger partial charge is 0.303 e. The van der Waals surface area contributed by atoms with E-state index in [4.69, 9.17) is 35.3 Å². The van der Waals surface area contributed by atoms with E-state index in [9.17, 15) is 29.4 Å². The van der Waals surface area contributed by atoms with Crippen molar-refractivity contribution in [3.8, 4) is 5.75 Å². The lowest BCUT2D eigenvalue weighted by Gasteiger charge is -2.48. The Kier molecular flexibility index (Phi) is 8.05. The number of halogens is 1. The van der Waals surface area contributed by atoms with Crippen molar-refractivity contribution in [2.75, 3.05) is 6.61 Å². The molecular formula is C20H23ClO11. The highest BCUT2D eigenvalue weighted by Crippen LogP contribution is 2.42. The van der Waals surface area contributed by atoms with Gasteiger partial charge in [-0.2, -0.15) is 0 Å². The second-order valence-electron chi connectivity index (χ2n) is 7.00. The summed E-state index contributed by atoms with van der Waals surface area (Å²) in [7, 11) is 0. The fraction of sp³-hybridized carbons (Fsp3) is 0.500. The average molecular weight is 475 g/mol. The zero-order valence-electron chi connectivity index (χ0n) is 17.7. The van der Waals surface area contributed by atoms with Gasteiger partial charge in [0, 0.05) is 33.3 Å². The minimum atomic E-state index is -2.53. The van der Waals surface area contributed by atoms with Gasteiger partial charge in [-0.1, -0.05) is 17.7 Å². The number of carbonyl (C=O) groups excluding carboxylic acids is 4. The van der Waals surface area contributed by atoms with Crippen molar-refractivity contribution in [2.24, 2.45) is 0 Å². The van der Waals surface area contributed by atoms with Crippen molar-refractivity contribution < 1.29 is 53.1 Å². The van der Waals surface area contributed by atoms with Crippen LogP contribution in [-0.4, -0.2) is 65.1 Å². The molecule has 1 aliphatic rings. The molecule has 176 valence electrons. The van der Waals surface area contributed by atoms with Crippen LogP contribution in [-0.2, 0) is 48.6 Å². The number of ether oxygens (including phenoxy) is 5. The molecule has 0 aliphatic carbocycles. The van der Waals surface area contributed by atoms with Crippen LogP contribution in [0.5, 0.6) is 5.75 Å². The number of aliphatic hydroxyl groups is 1. The van der Waals surface area contributed by atoms with E-state index in [2.05, 4.69) is 0 Å². The van der Waals surface area contributed by atoms with Gasteiger partial charge in [-0.25, -0.2) is 0 Å². The Morgan fingerprint density at radius 3 is 2.03 bits per heavy atom. The Morgan fingerprint density at radius 2 is 1.53 bits per heavy atom. The van der Waals surface area contributed by atoms with E-state index in [0.717, 1.165) is 33.8 Å². The molecule has 1 saturated heterocycles. The minimum Gasteiger partial charge on any atom is -0.506 e. The maximum Gasteiger partial charge on any atom is 0.303 e. The van der Waals surface area contributed by atoms with Crippen LogP contribution in [0, 0.1) is 0 Å². The molecule has 0 spiro atoms. The zero-order valence-corrected chi connectivity index (χ0v) is 18.5. The highest BCUT2D eigenvalue weighted by molar-refractivity contribution is 6.32. The number of hydrogen-bond donors (Lipinski definition) is 2. The summed E-state index contributed by atoms with van der Waals surface area (Å²) in [5.41, 5.74) is -0.128. The molecule has 1 heterocycles. The minimum absolute atomic E-state index is 0.0389. The van der Waals surface area contributed by atoms with Crippen LogP contribution >= 0.6 is 11.6 Å². The summed E-state index contributed by atoms with van der Waals surface area (Å²) in [5, 5.41) is 21.5. The summed E-state index contributed by atoms with van der Waals surface area (Å²) >= 11 is 5.83. The number of rotatable bonds is 6. The van der Waals surface area contributed by atoms with Crippen LogP contribution < -0.4 is 0 Å². The molecular weight excluding hydrogens is 452 g/mol. The predicted octanol–water partition coefficient (Wildman–Crippen LogP) is 0.948. The molecule has 1 fully saturated rings. The SMILES string of the molecule is CC(=O)OC[C@H]1O[C@@](O)(c2ccc(Cl)c(O)c2)[C@H](OC(C)=O)[C@@H](OC(C)=O)[C@@H]1OC(C)=O. The highest BCUT2D eigenvalue weighted by Gasteiger charge is 2.60. The quantitative estimate of drug-likeness (QED) is 0.447. The van der Waals surface area contributed by atoms with Crippen molar-refractivity contribution in [2.45, 2.75) is 57.9 Å². The van der Waals surface area contributed by atoms with E-state index in [1.165, 1.54) is 12.1 Å². The van der Waals surface area contributed by atoms with E-state index >= 15 is 0 Å². The van der Waals surface area contributed by atoms with Gasteiger partial charge in [0.25, 0.3) is 0 Å². The first-order chi connectivity index (χ1) is 14.8. The molecule has 0 saturated carbocycles. The molecule has 0 amide bonds. The number of phenols is 1. The molecule has 1 aliphatic heterocycles. The summed E-state index contributed by atoms with van der Waals surface area (Å²) in [5.74, 6) is -6.19. The third-order valence-corrected chi connectivity index (χ3v) is 4.73. The van der Waals surface area contributed by atoms with E-state index in [1.54, 1.807) is 0 Å². The number of aromatic hydroxyl groups is 1. The molecule has 5 atom stereocenters. The van der Waals surface area contributed by atoms with Crippen molar-refractivity contribution >= 4 is 35.5 Å². The molecule has 0 radical (unpaired) electrons. The van der Waals surface area contributed by atoms with E-state index in [0.29, 0.717) is 0 Å². The van der Waals surface area contributed by atoms with Crippen molar-refractivity contribution in [3.05, 3.63) is 28.8 Å². The van der Waals surface area contributed by atoms with E-state index < -0.39 is 66.4 Å². The first kappa shape index (κ1) is 25.4. The normalized spacial score (nSPS) is 27.2. The van der Waals surface area contributed by atoms with Crippen LogP contribution in [0.1, 0.15) is 33.3 Å². The number of esters is 4. The van der Waals surface area contributed by atoms with Gasteiger partial charge in [0.1, 0.15) is 18.5 Å². The van der Waals surface area contributed by atoms with Gasteiger partial charge in [0.05, 0.1) is 5.02 Å². The highest BCUT2D eigenvalue weighted by atomic mass is 35.5. The van der Waals surface area contributed by atoms with E-state index in [-0.39, 0.29) is 10.6 Å². The lowest BCUT2D eigenvalue weighted by molar-refractivity contribution is -0.360. The Bertz CT molecular complexity index is 902. The monoisotopic (exact) mass is 474 g/mol. The maximum absolute atomic E-state index is 11.8. The van der Waals surface area contributed by atoms with Gasteiger partial charge in [0.2, 0.25) is 11.9 Å². The molecule has 0 bridgehead atoms. The number of phenolic OH excluding ortho intramolecular Hbond substituents is 1. The molecule has 11 nitrogen and oxygen atoms in total. The zero-order chi connectivity index (χ0) is 24.2. The van der Waals surface area contributed by atoms with Crippen molar-refractivity contribution in [3.63, 3.8) is 0 Å². The maximum atomic E-state index is 11.8. The first-order valence-corrected chi connectivity index (χ1v) is 9.77. The Balaban J connectivity index is 2.66. The molecule has 1 aromatic carbocycles. The summed E-state index contributed by atoms with van der Waals surface area (Å²) in [4.78, 5) is 46.7. The van der Waals surface area contributed by atoms with Crippen LogP contribution in [0.15, 0.2) is 18.2 Å². The van der Waals surface area contributed by atoms with Gasteiger partial charge < -0.3 is 33.9 Å². The van der Waals surface area contributed by atoms with E-state index in [1.807, 2.05) is 0 Å². The summed E-state index contributed by atoms with van der Waals surface area (Å²) in [6, 6.07) is 3.58. The fourth-order valence-corrected chi connectivity index (χ4v) is 3.37. The average Bonchev–Trinajstić information content (AvgIpc) is 2.66. The van der Waals surface area contributed by atoms with Gasteiger partial charge in [0.15, 0.2) is 12.2 Å². The van der Waals surface area contributed by atoms with Crippen LogP contribution in [0.25, 0.3) is 0 Å². The largest absolute Gasteiger partial charge is 0.506 e. The molecule has 32 heavy (non-hydrogen) atoms. The van der Waals surface area contributed by atoms with Crippen LogP contribution in [0.4, 0.5) is 0 Å². The van der Waals surface area contributed by atoms with Crippen molar-refractivity contribution in [1.82, 2.24) is 0 Å².